The molecule has 0 saturated heterocycles. The average molecular weight is 334 g/mol. The summed E-state index contributed by atoms with van der Waals surface area (Å²) in [7, 11) is 1.80. The van der Waals surface area contributed by atoms with Crippen molar-refractivity contribution in [2.75, 3.05) is 17.3 Å². The molecule has 1 unspecified atom stereocenters. The molecule has 1 aromatic heterocycles. The molecule has 2 aromatic rings. The molecule has 5 nitrogen and oxygen atoms in total. The van der Waals surface area contributed by atoms with Crippen LogP contribution in [-0.2, 0) is 4.79 Å². The van der Waals surface area contributed by atoms with Crippen LogP contribution in [0.15, 0.2) is 34.7 Å². The number of para-hydroxylation sites is 1. The number of carbonyl (C=O) groups excluding carboxylic acids is 1. The van der Waals surface area contributed by atoms with Crippen LogP contribution in [0.5, 0.6) is 0 Å². The Morgan fingerprint density at radius 3 is 2.77 bits per heavy atom. The molecule has 0 radical (unpaired) electrons. The van der Waals surface area contributed by atoms with Crippen molar-refractivity contribution in [3.8, 4) is 0 Å². The maximum Gasteiger partial charge on any atom is 0.240 e. The average Bonchev–Trinajstić information content (AvgIpc) is 3.25. The number of nitrogens with one attached hydrogen (secondary N) is 1. The zero-order valence-electron chi connectivity index (χ0n) is 12.5. The Morgan fingerprint density at radius 1 is 1.36 bits per heavy atom. The third-order valence-corrected chi connectivity index (χ3v) is 5.44. The van der Waals surface area contributed by atoms with E-state index in [2.05, 4.69) is 15.5 Å². The Morgan fingerprint density at radius 2 is 2.09 bits per heavy atom. The van der Waals surface area contributed by atoms with Crippen LogP contribution in [0, 0.1) is 0 Å². The Balaban J connectivity index is 1.59. The van der Waals surface area contributed by atoms with Gasteiger partial charge < -0.3 is 10.2 Å². The minimum absolute atomic E-state index is 0.0584. The van der Waals surface area contributed by atoms with Crippen LogP contribution >= 0.6 is 23.1 Å². The van der Waals surface area contributed by atoms with E-state index in [1.165, 1.54) is 35.9 Å². The fraction of sp³-hybridized carbons (Fsp3) is 0.400. The maximum absolute atomic E-state index is 12.5. The van der Waals surface area contributed by atoms with Crippen molar-refractivity contribution in [1.82, 2.24) is 10.2 Å². The van der Waals surface area contributed by atoms with Gasteiger partial charge in [0.2, 0.25) is 11.0 Å². The van der Waals surface area contributed by atoms with Crippen molar-refractivity contribution in [1.29, 1.82) is 0 Å². The summed E-state index contributed by atoms with van der Waals surface area (Å²) in [6.45, 7) is 1.90. The summed E-state index contributed by atoms with van der Waals surface area (Å²) in [5.74, 6) is 0.0584. The topological polar surface area (TPSA) is 58.1 Å². The van der Waals surface area contributed by atoms with Crippen LogP contribution in [0.4, 0.5) is 10.8 Å². The summed E-state index contributed by atoms with van der Waals surface area (Å²) in [4.78, 5) is 14.2. The number of rotatable bonds is 6. The monoisotopic (exact) mass is 334 g/mol. The number of thioether (sulfide) groups is 1. The van der Waals surface area contributed by atoms with Gasteiger partial charge >= 0.3 is 0 Å². The van der Waals surface area contributed by atoms with Crippen molar-refractivity contribution in [2.24, 2.45) is 0 Å². The molecule has 1 fully saturated rings. The van der Waals surface area contributed by atoms with E-state index in [9.17, 15) is 4.79 Å². The lowest BCUT2D eigenvalue weighted by Crippen LogP contribution is -2.33. The van der Waals surface area contributed by atoms with Gasteiger partial charge in [0.25, 0.3) is 0 Å². The Bertz CT molecular complexity index is 642. The third kappa shape index (κ3) is 3.78. The molecule has 1 aromatic carbocycles. The zero-order chi connectivity index (χ0) is 15.5. The number of aromatic nitrogens is 2. The Labute approximate surface area is 138 Å². The molecule has 0 aliphatic heterocycles. The van der Waals surface area contributed by atoms with E-state index < -0.39 is 0 Å². The lowest BCUT2D eigenvalue weighted by atomic mass is 10.3. The molecule has 1 saturated carbocycles. The molecule has 3 rings (SSSR count). The molecule has 1 atom stereocenters. The van der Waals surface area contributed by atoms with Gasteiger partial charge in [-0.05, 0) is 31.9 Å². The summed E-state index contributed by atoms with van der Waals surface area (Å²) in [5, 5.41) is 12.2. The van der Waals surface area contributed by atoms with Gasteiger partial charge in [0, 0.05) is 18.8 Å². The number of hydrogen-bond donors (Lipinski definition) is 1. The van der Waals surface area contributed by atoms with Crippen LogP contribution in [0.2, 0.25) is 0 Å². The Hall–Kier alpha value is -1.60. The van der Waals surface area contributed by atoms with Crippen molar-refractivity contribution in [3.63, 3.8) is 0 Å². The van der Waals surface area contributed by atoms with E-state index in [4.69, 9.17) is 0 Å². The highest BCUT2D eigenvalue weighted by Gasteiger charge is 2.24. The first-order valence-electron chi connectivity index (χ1n) is 7.23. The standard InChI is InChI=1S/C15H18N4OS2/c1-10(13(20)19(2)12-6-4-3-5-7-12)21-15-18-17-14(22-15)16-11-8-9-11/h3-7,10-11H,8-9H2,1-2H3,(H,16,17). The summed E-state index contributed by atoms with van der Waals surface area (Å²) >= 11 is 2.97. The van der Waals surface area contributed by atoms with Gasteiger partial charge in [0.05, 0.1) is 5.25 Å². The number of benzene rings is 1. The molecule has 1 heterocycles. The van der Waals surface area contributed by atoms with Gasteiger partial charge in [0.15, 0.2) is 4.34 Å². The largest absolute Gasteiger partial charge is 0.357 e. The highest BCUT2D eigenvalue weighted by molar-refractivity contribution is 8.02. The van der Waals surface area contributed by atoms with Crippen molar-refractivity contribution >= 4 is 39.8 Å². The number of nitrogens with zero attached hydrogens (tertiary/aromatic N) is 3. The highest BCUT2D eigenvalue weighted by atomic mass is 32.2. The molecule has 116 valence electrons. The van der Waals surface area contributed by atoms with Gasteiger partial charge in [-0.25, -0.2) is 0 Å². The second-order valence-electron chi connectivity index (χ2n) is 5.28. The molecule has 7 heteroatoms. The smallest absolute Gasteiger partial charge is 0.240 e. The molecule has 1 aliphatic rings. The van der Waals surface area contributed by atoms with Gasteiger partial charge in [-0.2, -0.15) is 0 Å². The predicted octanol–water partition coefficient (Wildman–Crippen LogP) is 3.26. The number of amides is 1. The lowest BCUT2D eigenvalue weighted by Gasteiger charge is -2.20. The highest BCUT2D eigenvalue weighted by Crippen LogP contribution is 2.32. The van der Waals surface area contributed by atoms with Crippen LogP contribution < -0.4 is 10.2 Å². The molecule has 1 amide bonds. The first kappa shape index (κ1) is 15.3. The molecule has 1 N–H and O–H groups in total. The van der Waals surface area contributed by atoms with Crippen LogP contribution in [0.25, 0.3) is 0 Å². The second kappa shape index (κ2) is 6.66. The fourth-order valence-electron chi connectivity index (χ4n) is 1.97. The van der Waals surface area contributed by atoms with Gasteiger partial charge in [0.1, 0.15) is 0 Å². The van der Waals surface area contributed by atoms with Crippen LogP contribution in [-0.4, -0.2) is 34.4 Å². The van der Waals surface area contributed by atoms with Crippen molar-refractivity contribution in [3.05, 3.63) is 30.3 Å². The summed E-state index contributed by atoms with van der Waals surface area (Å²) in [6.07, 6.45) is 2.41. The number of hydrogen-bond acceptors (Lipinski definition) is 6. The van der Waals surface area contributed by atoms with Crippen LogP contribution in [0.3, 0.4) is 0 Å². The Kier molecular flexibility index (Phi) is 4.63. The first-order chi connectivity index (χ1) is 10.6. The van der Waals surface area contributed by atoms with E-state index in [0.29, 0.717) is 6.04 Å². The summed E-state index contributed by atoms with van der Waals surface area (Å²) in [6, 6.07) is 10.2. The number of carbonyl (C=O) groups is 1. The van der Waals surface area contributed by atoms with Crippen molar-refractivity contribution < 1.29 is 4.79 Å². The van der Waals surface area contributed by atoms with Gasteiger partial charge in [-0.3, -0.25) is 4.79 Å². The fourth-order valence-corrected chi connectivity index (χ4v) is 4.04. The van der Waals surface area contributed by atoms with E-state index >= 15 is 0 Å². The predicted molar refractivity (Wildman–Crippen MR) is 91.7 cm³/mol. The van der Waals surface area contributed by atoms with Crippen LogP contribution in [0.1, 0.15) is 19.8 Å². The zero-order valence-corrected chi connectivity index (χ0v) is 14.2. The molecular formula is C15H18N4OS2. The quantitative estimate of drug-likeness (QED) is 0.822. The van der Waals surface area contributed by atoms with E-state index in [1.807, 2.05) is 37.3 Å². The molecule has 0 spiro atoms. The van der Waals surface area contributed by atoms with Gasteiger partial charge in [-0.15, -0.1) is 10.2 Å². The summed E-state index contributed by atoms with van der Waals surface area (Å²) < 4.78 is 0.825. The normalized spacial score (nSPS) is 15.4. The maximum atomic E-state index is 12.5. The lowest BCUT2D eigenvalue weighted by molar-refractivity contribution is -0.117. The molecular weight excluding hydrogens is 316 g/mol. The van der Waals surface area contributed by atoms with E-state index in [0.717, 1.165) is 15.2 Å². The molecule has 0 bridgehead atoms. The summed E-state index contributed by atoms with van der Waals surface area (Å²) in [5.41, 5.74) is 0.897. The van der Waals surface area contributed by atoms with Crippen molar-refractivity contribution in [2.45, 2.75) is 35.4 Å². The SMILES string of the molecule is CC(Sc1nnc(NC2CC2)s1)C(=O)N(C)c1ccccc1. The third-order valence-electron chi connectivity index (χ3n) is 3.41. The van der Waals surface area contributed by atoms with Gasteiger partial charge in [-0.1, -0.05) is 41.3 Å². The minimum atomic E-state index is -0.202. The number of anilines is 2. The second-order valence-corrected chi connectivity index (χ2v) is 7.85. The molecule has 22 heavy (non-hydrogen) atoms. The van der Waals surface area contributed by atoms with E-state index in [1.54, 1.807) is 11.9 Å². The minimum Gasteiger partial charge on any atom is -0.357 e. The first-order valence-corrected chi connectivity index (χ1v) is 8.92. The molecule has 1 aliphatic carbocycles. The van der Waals surface area contributed by atoms with E-state index in [-0.39, 0.29) is 11.2 Å².